The summed E-state index contributed by atoms with van der Waals surface area (Å²) in [5.41, 5.74) is 1.68. The maximum atomic E-state index is 12.0. The van der Waals surface area contributed by atoms with E-state index in [9.17, 15) is 9.59 Å². The molecule has 1 aromatic carbocycles. The van der Waals surface area contributed by atoms with Gasteiger partial charge < -0.3 is 15.2 Å². The van der Waals surface area contributed by atoms with Crippen LogP contribution in [-0.4, -0.2) is 29.5 Å². The van der Waals surface area contributed by atoms with E-state index in [0.717, 1.165) is 18.5 Å². The lowest BCUT2D eigenvalue weighted by molar-refractivity contribution is -0.118. The van der Waals surface area contributed by atoms with Gasteiger partial charge in [0.15, 0.2) is 0 Å². The molecule has 1 aromatic heterocycles. The third kappa shape index (κ3) is 4.77. The van der Waals surface area contributed by atoms with Gasteiger partial charge in [0, 0.05) is 43.7 Å². The van der Waals surface area contributed by atoms with E-state index >= 15 is 0 Å². The van der Waals surface area contributed by atoms with Crippen molar-refractivity contribution in [2.75, 3.05) is 13.1 Å². The molecule has 116 valence electrons. The third-order valence-electron chi connectivity index (χ3n) is 3.30. The molecule has 0 saturated heterocycles. The van der Waals surface area contributed by atoms with Gasteiger partial charge in [-0.2, -0.15) is 0 Å². The standard InChI is InChI=1S/C17H21N3O2/c1-14(21)18-10-2-3-11-19-17(22)15-6-8-16(9-7-15)20-12-4-5-13-20/h4-9,12-13H,2-3,10-11H2,1H3,(H,18,21)(H,19,22). The molecule has 5 nitrogen and oxygen atoms in total. The molecule has 2 aromatic rings. The van der Waals surface area contributed by atoms with Crippen LogP contribution < -0.4 is 10.6 Å². The Morgan fingerprint density at radius 1 is 0.955 bits per heavy atom. The van der Waals surface area contributed by atoms with E-state index < -0.39 is 0 Å². The molecule has 0 radical (unpaired) electrons. The minimum atomic E-state index is -0.0708. The van der Waals surface area contributed by atoms with E-state index in [1.165, 1.54) is 6.92 Å². The van der Waals surface area contributed by atoms with Crippen LogP contribution in [0, 0.1) is 0 Å². The van der Waals surface area contributed by atoms with Gasteiger partial charge in [0.1, 0.15) is 0 Å². The van der Waals surface area contributed by atoms with Crippen LogP contribution in [0.3, 0.4) is 0 Å². The SMILES string of the molecule is CC(=O)NCCCCNC(=O)c1ccc(-n2cccc2)cc1. The number of benzene rings is 1. The summed E-state index contributed by atoms with van der Waals surface area (Å²) in [4.78, 5) is 22.7. The fourth-order valence-electron chi connectivity index (χ4n) is 2.11. The number of carbonyl (C=O) groups is 2. The number of carbonyl (C=O) groups excluding carboxylic acids is 2. The molecule has 5 heteroatoms. The number of nitrogens with zero attached hydrogens (tertiary/aromatic N) is 1. The zero-order valence-electron chi connectivity index (χ0n) is 12.7. The average molecular weight is 299 g/mol. The summed E-state index contributed by atoms with van der Waals surface area (Å²) in [6.45, 7) is 2.76. The first-order valence-corrected chi connectivity index (χ1v) is 7.43. The number of aromatic nitrogens is 1. The summed E-state index contributed by atoms with van der Waals surface area (Å²) in [5.74, 6) is -0.0922. The Bertz CT molecular complexity index is 603. The highest BCUT2D eigenvalue weighted by atomic mass is 16.2. The van der Waals surface area contributed by atoms with Crippen LogP contribution in [0.2, 0.25) is 0 Å². The van der Waals surface area contributed by atoms with Gasteiger partial charge >= 0.3 is 0 Å². The third-order valence-corrected chi connectivity index (χ3v) is 3.30. The predicted molar refractivity (Wildman–Crippen MR) is 86.0 cm³/mol. The summed E-state index contributed by atoms with van der Waals surface area (Å²) in [7, 11) is 0. The van der Waals surface area contributed by atoms with Crippen LogP contribution in [0.1, 0.15) is 30.1 Å². The van der Waals surface area contributed by atoms with Gasteiger partial charge in [0.2, 0.25) is 5.91 Å². The Hall–Kier alpha value is -2.56. The molecule has 1 heterocycles. The first kappa shape index (κ1) is 15.8. The molecule has 0 atom stereocenters. The van der Waals surface area contributed by atoms with Crippen molar-refractivity contribution in [1.29, 1.82) is 0 Å². The van der Waals surface area contributed by atoms with Crippen LogP contribution in [0.25, 0.3) is 5.69 Å². The van der Waals surface area contributed by atoms with Crippen molar-refractivity contribution in [3.63, 3.8) is 0 Å². The summed E-state index contributed by atoms with van der Waals surface area (Å²) in [6.07, 6.45) is 5.62. The number of hydrogen-bond acceptors (Lipinski definition) is 2. The van der Waals surface area contributed by atoms with Gasteiger partial charge in [0.05, 0.1) is 0 Å². The van der Waals surface area contributed by atoms with Gasteiger partial charge in [-0.05, 0) is 49.2 Å². The zero-order chi connectivity index (χ0) is 15.8. The maximum absolute atomic E-state index is 12.0. The molecule has 0 saturated carbocycles. The molecular formula is C17H21N3O2. The summed E-state index contributed by atoms with van der Waals surface area (Å²) < 4.78 is 1.99. The van der Waals surface area contributed by atoms with Gasteiger partial charge in [-0.15, -0.1) is 0 Å². The van der Waals surface area contributed by atoms with Crippen LogP contribution in [0.4, 0.5) is 0 Å². The lowest BCUT2D eigenvalue weighted by Crippen LogP contribution is -2.26. The number of amides is 2. The predicted octanol–water partition coefficient (Wildman–Crippen LogP) is 2.12. The highest BCUT2D eigenvalue weighted by Gasteiger charge is 2.04. The van der Waals surface area contributed by atoms with Crippen molar-refractivity contribution >= 4 is 11.8 Å². The lowest BCUT2D eigenvalue weighted by atomic mass is 10.2. The summed E-state index contributed by atoms with van der Waals surface area (Å²) >= 11 is 0. The van der Waals surface area contributed by atoms with Gasteiger partial charge in [-0.3, -0.25) is 9.59 Å². The highest BCUT2D eigenvalue weighted by molar-refractivity contribution is 5.94. The number of nitrogens with one attached hydrogen (secondary N) is 2. The van der Waals surface area contributed by atoms with E-state index in [1.807, 2.05) is 53.4 Å². The molecule has 2 rings (SSSR count). The Morgan fingerprint density at radius 3 is 2.14 bits per heavy atom. The normalized spacial score (nSPS) is 10.2. The van der Waals surface area contributed by atoms with Crippen molar-refractivity contribution in [1.82, 2.24) is 15.2 Å². The van der Waals surface area contributed by atoms with E-state index in [1.54, 1.807) is 0 Å². The van der Waals surface area contributed by atoms with E-state index in [4.69, 9.17) is 0 Å². The van der Waals surface area contributed by atoms with E-state index in [2.05, 4.69) is 10.6 Å². The summed E-state index contributed by atoms with van der Waals surface area (Å²) in [5, 5.41) is 5.61. The highest BCUT2D eigenvalue weighted by Crippen LogP contribution is 2.10. The zero-order valence-corrected chi connectivity index (χ0v) is 12.7. The fraction of sp³-hybridized carbons (Fsp3) is 0.294. The average Bonchev–Trinajstić information content (AvgIpc) is 3.05. The van der Waals surface area contributed by atoms with Crippen LogP contribution >= 0.6 is 0 Å². The Kier molecular flexibility index (Phi) is 5.77. The molecule has 0 spiro atoms. The van der Waals surface area contributed by atoms with Crippen molar-refractivity contribution in [3.05, 3.63) is 54.4 Å². The fourth-order valence-corrected chi connectivity index (χ4v) is 2.11. The first-order valence-electron chi connectivity index (χ1n) is 7.43. The lowest BCUT2D eigenvalue weighted by Gasteiger charge is -2.07. The second-order valence-corrected chi connectivity index (χ2v) is 5.08. The second-order valence-electron chi connectivity index (χ2n) is 5.08. The molecule has 0 aliphatic heterocycles. The maximum Gasteiger partial charge on any atom is 0.251 e. The van der Waals surface area contributed by atoms with Crippen LogP contribution in [-0.2, 0) is 4.79 Å². The smallest absolute Gasteiger partial charge is 0.251 e. The van der Waals surface area contributed by atoms with Gasteiger partial charge in [-0.25, -0.2) is 0 Å². The Balaban J connectivity index is 1.74. The van der Waals surface area contributed by atoms with Gasteiger partial charge in [0.25, 0.3) is 5.91 Å². The Morgan fingerprint density at radius 2 is 1.55 bits per heavy atom. The van der Waals surface area contributed by atoms with Crippen molar-refractivity contribution in [2.24, 2.45) is 0 Å². The number of hydrogen-bond donors (Lipinski definition) is 2. The molecule has 0 aliphatic rings. The molecule has 0 bridgehead atoms. The largest absolute Gasteiger partial charge is 0.356 e. The molecule has 0 unspecified atom stereocenters. The topological polar surface area (TPSA) is 63.1 Å². The first-order chi connectivity index (χ1) is 10.7. The van der Waals surface area contributed by atoms with Crippen LogP contribution in [0.5, 0.6) is 0 Å². The summed E-state index contributed by atoms with van der Waals surface area (Å²) in [6, 6.07) is 11.4. The molecule has 22 heavy (non-hydrogen) atoms. The van der Waals surface area contributed by atoms with Crippen molar-refractivity contribution in [3.8, 4) is 5.69 Å². The molecule has 2 amide bonds. The monoisotopic (exact) mass is 299 g/mol. The quantitative estimate of drug-likeness (QED) is 0.769. The van der Waals surface area contributed by atoms with Crippen LogP contribution in [0.15, 0.2) is 48.8 Å². The Labute approximate surface area is 130 Å². The minimum Gasteiger partial charge on any atom is -0.356 e. The van der Waals surface area contributed by atoms with Crippen molar-refractivity contribution in [2.45, 2.75) is 19.8 Å². The molecule has 2 N–H and O–H groups in total. The van der Waals surface area contributed by atoms with Crippen molar-refractivity contribution < 1.29 is 9.59 Å². The molecule has 0 fully saturated rings. The second kappa shape index (κ2) is 8.02. The minimum absolute atomic E-state index is 0.0215. The number of rotatable bonds is 7. The van der Waals surface area contributed by atoms with Gasteiger partial charge in [-0.1, -0.05) is 0 Å². The van der Waals surface area contributed by atoms with E-state index in [-0.39, 0.29) is 11.8 Å². The number of unbranched alkanes of at least 4 members (excludes halogenated alkanes) is 1. The molecule has 0 aliphatic carbocycles. The van der Waals surface area contributed by atoms with E-state index in [0.29, 0.717) is 18.7 Å². The molecular weight excluding hydrogens is 278 g/mol.